The Morgan fingerprint density at radius 1 is 1.21 bits per heavy atom. The van der Waals surface area contributed by atoms with E-state index in [0.717, 1.165) is 31.2 Å². The van der Waals surface area contributed by atoms with Crippen molar-refractivity contribution >= 4 is 5.91 Å². The number of carbonyl (C=O) groups excluding carboxylic acids is 1. The van der Waals surface area contributed by atoms with E-state index in [1.54, 1.807) is 24.5 Å². The molecule has 0 unspecified atom stereocenters. The molecule has 5 nitrogen and oxygen atoms in total. The number of ether oxygens (including phenoxy) is 1. The smallest absolute Gasteiger partial charge is 0.251 e. The van der Waals surface area contributed by atoms with Crippen molar-refractivity contribution in [3.63, 3.8) is 0 Å². The highest BCUT2D eigenvalue weighted by molar-refractivity contribution is 5.94. The van der Waals surface area contributed by atoms with E-state index in [9.17, 15) is 4.79 Å². The maximum Gasteiger partial charge on any atom is 0.251 e. The fraction of sp³-hybridized carbons (Fsp3) is 0.368. The molecule has 3 N–H and O–H groups in total. The summed E-state index contributed by atoms with van der Waals surface area (Å²) in [6.45, 7) is 0.430. The maximum atomic E-state index is 12.4. The van der Waals surface area contributed by atoms with Crippen LogP contribution in [-0.4, -0.2) is 23.0 Å². The van der Waals surface area contributed by atoms with Crippen molar-refractivity contribution < 1.29 is 9.53 Å². The highest BCUT2D eigenvalue weighted by Gasteiger charge is 2.20. The van der Waals surface area contributed by atoms with Crippen molar-refractivity contribution in [1.29, 1.82) is 0 Å². The van der Waals surface area contributed by atoms with Gasteiger partial charge in [0.25, 0.3) is 5.91 Å². The number of aromatic nitrogens is 1. The van der Waals surface area contributed by atoms with Gasteiger partial charge < -0.3 is 15.8 Å². The number of nitrogens with two attached hydrogens (primary N) is 1. The molecule has 2 aromatic rings. The normalized spacial score (nSPS) is 20.4. The van der Waals surface area contributed by atoms with Gasteiger partial charge in [-0.15, -0.1) is 0 Å². The number of hydrogen-bond donors (Lipinski definition) is 2. The Hall–Kier alpha value is -2.40. The van der Waals surface area contributed by atoms with Gasteiger partial charge in [-0.1, -0.05) is 12.1 Å². The number of nitrogens with one attached hydrogen (secondary N) is 1. The minimum atomic E-state index is -0.0534. The molecule has 0 radical (unpaired) electrons. The number of carbonyl (C=O) groups is 1. The number of rotatable bonds is 5. The second kappa shape index (κ2) is 7.93. The molecule has 126 valence electrons. The summed E-state index contributed by atoms with van der Waals surface area (Å²) >= 11 is 0. The fourth-order valence-corrected chi connectivity index (χ4v) is 2.91. The summed E-state index contributed by atoms with van der Waals surface area (Å²) in [4.78, 5) is 16.5. The van der Waals surface area contributed by atoms with E-state index in [1.165, 1.54) is 0 Å². The van der Waals surface area contributed by atoms with Crippen molar-refractivity contribution in [2.45, 2.75) is 44.4 Å². The quantitative estimate of drug-likeness (QED) is 0.886. The molecule has 1 aliphatic carbocycles. The third-order valence-electron chi connectivity index (χ3n) is 4.33. The summed E-state index contributed by atoms with van der Waals surface area (Å²) in [5.74, 6) is 0.625. The molecule has 1 heterocycles. The van der Waals surface area contributed by atoms with Gasteiger partial charge >= 0.3 is 0 Å². The molecule has 0 spiro atoms. The number of benzene rings is 1. The van der Waals surface area contributed by atoms with Crippen LogP contribution in [0, 0.1) is 0 Å². The predicted molar refractivity (Wildman–Crippen MR) is 92.7 cm³/mol. The Morgan fingerprint density at radius 3 is 2.79 bits per heavy atom. The van der Waals surface area contributed by atoms with Crippen molar-refractivity contribution in [3.8, 4) is 5.75 Å². The lowest BCUT2D eigenvalue weighted by Crippen LogP contribution is -2.40. The van der Waals surface area contributed by atoms with Gasteiger partial charge in [-0.05, 0) is 49.9 Å². The van der Waals surface area contributed by atoms with E-state index in [0.29, 0.717) is 17.9 Å². The molecule has 1 aromatic heterocycles. The average Bonchev–Trinajstić information content (AvgIpc) is 2.63. The molecule has 3 rings (SSSR count). The monoisotopic (exact) mass is 325 g/mol. The fourth-order valence-electron chi connectivity index (χ4n) is 2.91. The van der Waals surface area contributed by atoms with Crippen LogP contribution < -0.4 is 15.8 Å². The number of hydrogen-bond acceptors (Lipinski definition) is 4. The first-order valence-corrected chi connectivity index (χ1v) is 8.39. The average molecular weight is 325 g/mol. The minimum absolute atomic E-state index is 0.0534. The van der Waals surface area contributed by atoms with E-state index in [-0.39, 0.29) is 18.0 Å². The van der Waals surface area contributed by atoms with Gasteiger partial charge in [0.05, 0.1) is 0 Å². The molecule has 1 saturated carbocycles. The molecule has 5 heteroatoms. The molecule has 0 bridgehead atoms. The van der Waals surface area contributed by atoms with Crippen LogP contribution in [0.4, 0.5) is 0 Å². The van der Waals surface area contributed by atoms with E-state index in [4.69, 9.17) is 10.5 Å². The maximum absolute atomic E-state index is 12.4. The van der Waals surface area contributed by atoms with Gasteiger partial charge in [0, 0.05) is 35.6 Å². The van der Waals surface area contributed by atoms with Gasteiger partial charge in [0.15, 0.2) is 0 Å². The minimum Gasteiger partial charge on any atom is -0.489 e. The Morgan fingerprint density at radius 2 is 2.04 bits per heavy atom. The molecule has 0 aliphatic heterocycles. The molecule has 24 heavy (non-hydrogen) atoms. The zero-order valence-corrected chi connectivity index (χ0v) is 13.7. The largest absolute Gasteiger partial charge is 0.489 e. The first-order valence-electron chi connectivity index (χ1n) is 8.39. The van der Waals surface area contributed by atoms with Gasteiger partial charge in [-0.25, -0.2) is 0 Å². The third-order valence-corrected chi connectivity index (χ3v) is 4.33. The summed E-state index contributed by atoms with van der Waals surface area (Å²) < 4.78 is 5.75. The van der Waals surface area contributed by atoms with Crippen molar-refractivity contribution in [3.05, 3.63) is 59.9 Å². The number of amides is 1. The lowest BCUT2D eigenvalue weighted by molar-refractivity contribution is 0.0925. The van der Waals surface area contributed by atoms with Crippen LogP contribution >= 0.6 is 0 Å². The molecule has 1 fully saturated rings. The third kappa shape index (κ3) is 4.55. The molecule has 0 saturated heterocycles. The first kappa shape index (κ1) is 16.5. The SMILES string of the molecule is NC1CCC(NC(=O)c2cccc(OCc3cccnc3)c2)CC1. The van der Waals surface area contributed by atoms with E-state index in [1.807, 2.05) is 24.3 Å². The predicted octanol–water partition coefficient (Wildman–Crippen LogP) is 2.66. The van der Waals surface area contributed by atoms with Gasteiger partial charge in [-0.2, -0.15) is 0 Å². The summed E-state index contributed by atoms with van der Waals surface area (Å²) in [5.41, 5.74) is 7.52. The van der Waals surface area contributed by atoms with Gasteiger partial charge in [-0.3, -0.25) is 9.78 Å². The van der Waals surface area contributed by atoms with Crippen molar-refractivity contribution in [2.75, 3.05) is 0 Å². The molecule has 1 aliphatic rings. The standard InChI is InChI=1S/C19H23N3O2/c20-16-6-8-17(9-7-16)22-19(23)15-4-1-5-18(11-15)24-13-14-3-2-10-21-12-14/h1-5,10-12,16-17H,6-9,13,20H2,(H,22,23). The zero-order chi connectivity index (χ0) is 16.8. The van der Waals surface area contributed by atoms with Crippen LogP contribution in [0.2, 0.25) is 0 Å². The summed E-state index contributed by atoms with van der Waals surface area (Å²) in [7, 11) is 0. The highest BCUT2D eigenvalue weighted by Crippen LogP contribution is 2.19. The molecule has 1 aromatic carbocycles. The summed E-state index contributed by atoms with van der Waals surface area (Å²) in [6.07, 6.45) is 7.34. The molecule has 0 atom stereocenters. The molecular weight excluding hydrogens is 302 g/mol. The van der Waals surface area contributed by atoms with Crippen LogP contribution in [0.3, 0.4) is 0 Å². The Kier molecular flexibility index (Phi) is 5.43. The van der Waals surface area contributed by atoms with Crippen LogP contribution in [0.15, 0.2) is 48.8 Å². The Bertz CT molecular complexity index is 667. The van der Waals surface area contributed by atoms with Gasteiger partial charge in [0.2, 0.25) is 0 Å². The lowest BCUT2D eigenvalue weighted by Gasteiger charge is -2.26. The van der Waals surface area contributed by atoms with Crippen molar-refractivity contribution in [2.24, 2.45) is 5.73 Å². The van der Waals surface area contributed by atoms with E-state index in [2.05, 4.69) is 10.3 Å². The Balaban J connectivity index is 1.57. The zero-order valence-electron chi connectivity index (χ0n) is 13.7. The summed E-state index contributed by atoms with van der Waals surface area (Å²) in [5, 5.41) is 3.10. The lowest BCUT2D eigenvalue weighted by atomic mass is 9.91. The second-order valence-electron chi connectivity index (χ2n) is 6.26. The van der Waals surface area contributed by atoms with Crippen LogP contribution in [-0.2, 0) is 6.61 Å². The van der Waals surface area contributed by atoms with Crippen LogP contribution in [0.1, 0.15) is 41.6 Å². The highest BCUT2D eigenvalue weighted by atomic mass is 16.5. The molecular formula is C19H23N3O2. The van der Waals surface area contributed by atoms with Crippen LogP contribution in [0.5, 0.6) is 5.75 Å². The van der Waals surface area contributed by atoms with Crippen molar-refractivity contribution in [1.82, 2.24) is 10.3 Å². The van der Waals surface area contributed by atoms with Gasteiger partial charge in [0.1, 0.15) is 12.4 Å². The summed E-state index contributed by atoms with van der Waals surface area (Å²) in [6, 6.07) is 11.6. The first-order chi connectivity index (χ1) is 11.7. The number of nitrogens with zero attached hydrogens (tertiary/aromatic N) is 1. The van der Waals surface area contributed by atoms with Crippen LogP contribution in [0.25, 0.3) is 0 Å². The van der Waals surface area contributed by atoms with E-state index >= 15 is 0 Å². The Labute approximate surface area is 142 Å². The molecule has 1 amide bonds. The number of pyridine rings is 1. The van der Waals surface area contributed by atoms with E-state index < -0.39 is 0 Å². The second-order valence-corrected chi connectivity index (χ2v) is 6.26. The topological polar surface area (TPSA) is 77.2 Å².